The van der Waals surface area contributed by atoms with Crippen LogP contribution in [-0.2, 0) is 18.4 Å². The number of aliphatic hydroxyl groups excluding tert-OH is 1. The highest BCUT2D eigenvalue weighted by Crippen LogP contribution is 2.43. The van der Waals surface area contributed by atoms with Gasteiger partial charge in [0.1, 0.15) is 13.2 Å². The second kappa shape index (κ2) is 44.7. The average molecular weight is 894 g/mol. The highest BCUT2D eigenvalue weighted by atomic mass is 31.2. The van der Waals surface area contributed by atoms with Crippen LogP contribution < -0.4 is 5.32 Å². The van der Waals surface area contributed by atoms with Crippen LogP contribution in [-0.4, -0.2) is 73.4 Å². The molecule has 3 unspecified atom stereocenters. The molecule has 62 heavy (non-hydrogen) atoms. The molecule has 9 heteroatoms. The molecule has 0 heterocycles. The number of allylic oxidation sites excluding steroid dienone is 7. The number of hydrogen-bond donors (Lipinski definition) is 3. The molecule has 8 nitrogen and oxygen atoms in total. The molecule has 0 aliphatic heterocycles. The third kappa shape index (κ3) is 46.5. The average Bonchev–Trinajstić information content (AvgIpc) is 3.23. The SMILES string of the molecule is CCCCCCC/C=C\C/C=C\CCCCCCCCCCCC(=O)NC(COP(=O)(O)OCC[N+](C)(C)C)C(O)/C=C/CC/C=C/CCCCCCCCCCCCCCC. The smallest absolute Gasteiger partial charge is 0.387 e. The number of phosphoric ester groups is 1. The summed E-state index contributed by atoms with van der Waals surface area (Å²) in [4.78, 5) is 23.2. The van der Waals surface area contributed by atoms with Gasteiger partial charge in [-0.2, -0.15) is 0 Å². The normalized spacial score (nSPS) is 14.5. The first-order chi connectivity index (χ1) is 30.0. The van der Waals surface area contributed by atoms with Crippen LogP contribution in [0.3, 0.4) is 0 Å². The van der Waals surface area contributed by atoms with Crippen LogP contribution in [0.25, 0.3) is 0 Å². The summed E-state index contributed by atoms with van der Waals surface area (Å²) in [6, 6.07) is -0.866. The van der Waals surface area contributed by atoms with Crippen molar-refractivity contribution < 1.29 is 32.9 Å². The van der Waals surface area contributed by atoms with E-state index in [0.717, 1.165) is 44.9 Å². The van der Waals surface area contributed by atoms with Crippen molar-refractivity contribution in [2.24, 2.45) is 0 Å². The lowest BCUT2D eigenvalue weighted by atomic mass is 10.0. The van der Waals surface area contributed by atoms with E-state index in [-0.39, 0.29) is 19.1 Å². The number of carbonyl (C=O) groups is 1. The van der Waals surface area contributed by atoms with Crippen LogP contribution in [0.1, 0.15) is 232 Å². The van der Waals surface area contributed by atoms with Gasteiger partial charge < -0.3 is 19.8 Å². The van der Waals surface area contributed by atoms with E-state index in [1.54, 1.807) is 6.08 Å². The van der Waals surface area contributed by atoms with Crippen LogP contribution in [0, 0.1) is 0 Å². The molecule has 0 aromatic heterocycles. The monoisotopic (exact) mass is 894 g/mol. The van der Waals surface area contributed by atoms with Crippen molar-refractivity contribution in [3.63, 3.8) is 0 Å². The van der Waals surface area contributed by atoms with Gasteiger partial charge in [0.2, 0.25) is 5.91 Å². The Balaban J connectivity index is 4.36. The van der Waals surface area contributed by atoms with E-state index in [9.17, 15) is 19.4 Å². The van der Waals surface area contributed by atoms with E-state index < -0.39 is 20.0 Å². The van der Waals surface area contributed by atoms with Gasteiger partial charge in [-0.05, 0) is 64.2 Å². The van der Waals surface area contributed by atoms with Gasteiger partial charge in [0.05, 0.1) is 39.9 Å². The van der Waals surface area contributed by atoms with Crippen LogP contribution >= 0.6 is 7.82 Å². The van der Waals surface area contributed by atoms with Crippen LogP contribution in [0.5, 0.6) is 0 Å². The predicted molar refractivity (Wildman–Crippen MR) is 267 cm³/mol. The minimum atomic E-state index is -4.35. The Kier molecular flexibility index (Phi) is 43.5. The molecule has 0 radical (unpaired) electrons. The van der Waals surface area contributed by atoms with E-state index in [0.29, 0.717) is 17.4 Å². The zero-order chi connectivity index (χ0) is 45.7. The zero-order valence-electron chi connectivity index (χ0n) is 41.4. The lowest BCUT2D eigenvalue weighted by molar-refractivity contribution is -0.870. The van der Waals surface area contributed by atoms with Crippen molar-refractivity contribution in [3.05, 3.63) is 48.6 Å². The molecule has 3 atom stereocenters. The highest BCUT2D eigenvalue weighted by molar-refractivity contribution is 7.47. The number of nitrogens with one attached hydrogen (secondary N) is 1. The molecule has 0 aliphatic rings. The fourth-order valence-electron chi connectivity index (χ4n) is 7.38. The minimum Gasteiger partial charge on any atom is -0.387 e. The zero-order valence-corrected chi connectivity index (χ0v) is 42.3. The number of unbranched alkanes of at least 4 members (excludes halogenated alkanes) is 28. The molecule has 0 aromatic carbocycles. The number of amides is 1. The second-order valence-electron chi connectivity index (χ2n) is 18.9. The van der Waals surface area contributed by atoms with Gasteiger partial charge >= 0.3 is 7.82 Å². The molecule has 0 bridgehead atoms. The van der Waals surface area contributed by atoms with E-state index >= 15 is 0 Å². The number of aliphatic hydroxyl groups is 1. The minimum absolute atomic E-state index is 0.0544. The third-order valence-electron chi connectivity index (χ3n) is 11.5. The number of carbonyl (C=O) groups excluding carboxylic acids is 1. The van der Waals surface area contributed by atoms with Gasteiger partial charge in [-0.15, -0.1) is 0 Å². The number of quaternary nitrogens is 1. The highest BCUT2D eigenvalue weighted by Gasteiger charge is 2.27. The van der Waals surface area contributed by atoms with E-state index in [4.69, 9.17) is 9.05 Å². The van der Waals surface area contributed by atoms with Crippen molar-refractivity contribution in [2.75, 3.05) is 40.9 Å². The van der Waals surface area contributed by atoms with Gasteiger partial charge in [0.15, 0.2) is 0 Å². The summed E-state index contributed by atoms with van der Waals surface area (Å²) in [7, 11) is 1.55. The van der Waals surface area contributed by atoms with Crippen molar-refractivity contribution in [3.8, 4) is 0 Å². The molecular formula is C53H102N2O6P+. The first-order valence-electron chi connectivity index (χ1n) is 26.0. The maximum Gasteiger partial charge on any atom is 0.472 e. The van der Waals surface area contributed by atoms with E-state index in [2.05, 4.69) is 55.6 Å². The first kappa shape index (κ1) is 60.5. The quantitative estimate of drug-likeness (QED) is 0.0243. The first-order valence-corrected chi connectivity index (χ1v) is 27.5. The summed E-state index contributed by atoms with van der Waals surface area (Å²) in [5.41, 5.74) is 0. The Morgan fingerprint density at radius 1 is 0.548 bits per heavy atom. The summed E-state index contributed by atoms with van der Waals surface area (Å²) in [6.07, 6.45) is 57.6. The molecule has 1 amide bonds. The molecule has 0 saturated carbocycles. The van der Waals surface area contributed by atoms with Gasteiger partial charge in [-0.3, -0.25) is 13.8 Å². The van der Waals surface area contributed by atoms with Crippen LogP contribution in [0.4, 0.5) is 0 Å². The molecule has 0 rings (SSSR count). The predicted octanol–water partition coefficient (Wildman–Crippen LogP) is 15.2. The second-order valence-corrected chi connectivity index (χ2v) is 20.3. The molecule has 0 saturated heterocycles. The van der Waals surface area contributed by atoms with Gasteiger partial charge in [0.25, 0.3) is 0 Å². The van der Waals surface area contributed by atoms with Gasteiger partial charge in [-0.25, -0.2) is 4.57 Å². The summed E-state index contributed by atoms with van der Waals surface area (Å²) >= 11 is 0. The maximum atomic E-state index is 12.9. The molecule has 0 aliphatic carbocycles. The third-order valence-corrected chi connectivity index (χ3v) is 12.5. The molecule has 364 valence electrons. The van der Waals surface area contributed by atoms with Gasteiger partial charge in [0, 0.05) is 6.42 Å². The van der Waals surface area contributed by atoms with Crippen molar-refractivity contribution in [1.29, 1.82) is 0 Å². The topological polar surface area (TPSA) is 105 Å². The molecular weight excluding hydrogens is 792 g/mol. The van der Waals surface area contributed by atoms with Crippen LogP contribution in [0.2, 0.25) is 0 Å². The lowest BCUT2D eigenvalue weighted by Crippen LogP contribution is -2.45. The molecule has 3 N–H and O–H groups in total. The van der Waals surface area contributed by atoms with Crippen molar-refractivity contribution >= 4 is 13.7 Å². The van der Waals surface area contributed by atoms with E-state index in [1.807, 2.05) is 27.2 Å². The van der Waals surface area contributed by atoms with Crippen molar-refractivity contribution in [2.45, 2.75) is 244 Å². The number of hydrogen-bond acceptors (Lipinski definition) is 5. The maximum absolute atomic E-state index is 12.9. The van der Waals surface area contributed by atoms with Crippen LogP contribution in [0.15, 0.2) is 48.6 Å². The number of likely N-dealkylation sites (N-methyl/N-ethyl adjacent to an activating group) is 1. The van der Waals surface area contributed by atoms with E-state index in [1.165, 1.54) is 167 Å². The Bertz CT molecular complexity index is 1150. The van der Waals surface area contributed by atoms with Crippen molar-refractivity contribution in [1.82, 2.24) is 5.32 Å². The number of rotatable bonds is 47. The standard InChI is InChI=1S/C53H101N2O6P/c1-6-8-10-12-14-16-18-20-22-24-26-27-29-31-33-35-37-39-41-43-45-47-53(57)54-51(50-61-62(58,59)60-49-48-55(3,4)5)52(56)46-44-42-40-38-36-34-32-30-28-25-23-21-19-17-15-13-11-9-7-2/h18,20,24,26,36,38,44,46,51-52,56H,6-17,19,21-23,25,27-35,37,39-43,45,47-50H2,1-5H3,(H-,54,57,58,59)/p+1/b20-18-,26-24-,38-36+,46-44+. The molecule has 0 fully saturated rings. The Labute approximate surface area is 384 Å². The largest absolute Gasteiger partial charge is 0.472 e. The summed E-state index contributed by atoms with van der Waals surface area (Å²) in [5.74, 6) is -0.191. The van der Waals surface area contributed by atoms with Gasteiger partial charge in [-0.1, -0.05) is 210 Å². The Morgan fingerprint density at radius 3 is 1.39 bits per heavy atom. The fraction of sp³-hybridized carbons (Fsp3) is 0.830. The Morgan fingerprint density at radius 2 is 0.935 bits per heavy atom. The summed E-state index contributed by atoms with van der Waals surface area (Å²) < 4.78 is 23.6. The molecule has 0 spiro atoms. The number of nitrogens with zero attached hydrogens (tertiary/aromatic N) is 1. The lowest BCUT2D eigenvalue weighted by Gasteiger charge is -2.25. The molecule has 0 aromatic rings. The summed E-state index contributed by atoms with van der Waals surface area (Å²) in [6.45, 7) is 4.79. The Hall–Kier alpha value is -1.54. The summed E-state index contributed by atoms with van der Waals surface area (Å²) in [5, 5.41) is 13.9. The number of phosphoric acid groups is 1. The fourth-order valence-corrected chi connectivity index (χ4v) is 8.12.